The maximum absolute atomic E-state index is 14.5. The van der Waals surface area contributed by atoms with Crippen molar-refractivity contribution in [1.29, 1.82) is 0 Å². The molecule has 18 heteroatoms. The van der Waals surface area contributed by atoms with Gasteiger partial charge in [-0.3, -0.25) is 4.79 Å². The van der Waals surface area contributed by atoms with Crippen LogP contribution in [-0.2, 0) is 36.3 Å². The van der Waals surface area contributed by atoms with Gasteiger partial charge in [-0.25, -0.2) is 21.6 Å². The number of amides is 1. The number of piperidine rings is 1. The number of halogens is 10. The van der Waals surface area contributed by atoms with Gasteiger partial charge in [-0.1, -0.05) is 30.3 Å². The number of nitrogens with zero attached hydrogens (tertiary/aromatic N) is 1. The summed E-state index contributed by atoms with van der Waals surface area (Å²) in [6.07, 6.45) is -12.9. The van der Waals surface area contributed by atoms with Crippen LogP contribution >= 0.6 is 12.4 Å². The van der Waals surface area contributed by atoms with Gasteiger partial charge in [-0.05, 0) is 74.3 Å². The van der Waals surface area contributed by atoms with Crippen LogP contribution in [0.15, 0.2) is 71.6 Å². The number of hydrogen-bond acceptors (Lipinski definition) is 6. The first-order valence-electron chi connectivity index (χ1n) is 14.8. The van der Waals surface area contributed by atoms with Crippen LogP contribution in [-0.4, -0.2) is 68.5 Å². The predicted octanol–water partition coefficient (Wildman–Crippen LogP) is 6.08. The lowest BCUT2D eigenvalue weighted by molar-refractivity contribution is -0.392. The van der Waals surface area contributed by atoms with Crippen LogP contribution in [0.1, 0.15) is 36.0 Å². The largest absolute Gasteiger partial charge is 0.430 e. The zero-order chi connectivity index (χ0) is 36.0. The number of hydrogen-bond donors (Lipinski definition) is 2. The summed E-state index contributed by atoms with van der Waals surface area (Å²) in [6.45, 7) is -2.13. The maximum atomic E-state index is 14.5. The van der Waals surface area contributed by atoms with E-state index in [0.29, 0.717) is 36.4 Å². The van der Waals surface area contributed by atoms with E-state index >= 15 is 0 Å². The number of rotatable bonds is 8. The Labute approximate surface area is 286 Å². The van der Waals surface area contributed by atoms with Crippen molar-refractivity contribution >= 4 is 28.2 Å². The van der Waals surface area contributed by atoms with Gasteiger partial charge >= 0.3 is 12.4 Å². The normalized spacial score (nSPS) is 20.0. The molecular weight excluding hydrogens is 731 g/mol. The molecule has 274 valence electrons. The minimum atomic E-state index is -6.24. The number of nitrogens with one attached hydrogen (secondary N) is 1. The van der Waals surface area contributed by atoms with Gasteiger partial charge in [-0.15, -0.1) is 12.4 Å². The van der Waals surface area contributed by atoms with Gasteiger partial charge in [0.1, 0.15) is 27.8 Å². The van der Waals surface area contributed by atoms with Gasteiger partial charge in [0.05, 0.1) is 11.5 Å². The summed E-state index contributed by atoms with van der Waals surface area (Å²) >= 11 is 0. The fourth-order valence-corrected chi connectivity index (χ4v) is 8.43. The summed E-state index contributed by atoms with van der Waals surface area (Å²) < 4.78 is 160. The van der Waals surface area contributed by atoms with E-state index in [4.69, 9.17) is 0 Å². The average molecular weight is 761 g/mol. The summed E-state index contributed by atoms with van der Waals surface area (Å²) in [5.41, 5.74) is -10.0. The number of benzene rings is 3. The summed E-state index contributed by atoms with van der Waals surface area (Å²) in [5, 5.41) is 14.0. The van der Waals surface area contributed by atoms with E-state index in [1.807, 2.05) is 0 Å². The third-order valence-electron chi connectivity index (χ3n) is 9.10. The molecule has 1 atom stereocenters. The number of likely N-dealkylation sites (tertiary alicyclic amines) is 1. The molecule has 2 aliphatic rings. The lowest BCUT2D eigenvalue weighted by atomic mass is 9.88. The highest BCUT2D eigenvalue weighted by Crippen LogP contribution is 2.54. The molecule has 3 aromatic carbocycles. The molecular formula is C32H30ClF9N2O5S. The average Bonchev–Trinajstić information content (AvgIpc) is 3.49. The van der Waals surface area contributed by atoms with Gasteiger partial charge in [-0.2, -0.15) is 26.3 Å². The molecule has 0 spiro atoms. The van der Waals surface area contributed by atoms with Gasteiger partial charge in [0.2, 0.25) is 0 Å². The Kier molecular flexibility index (Phi) is 11.0. The van der Waals surface area contributed by atoms with E-state index in [2.05, 4.69) is 10.1 Å². The molecule has 2 heterocycles. The molecule has 1 amide bonds. The van der Waals surface area contributed by atoms with Crippen LogP contribution in [0.3, 0.4) is 0 Å². The smallest absolute Gasteiger partial charge is 0.380 e. The summed E-state index contributed by atoms with van der Waals surface area (Å²) in [4.78, 5) is 14.1. The minimum Gasteiger partial charge on any atom is -0.380 e. The molecule has 5 rings (SSSR count). The highest BCUT2D eigenvalue weighted by Gasteiger charge is 2.73. The SMILES string of the molecule is Cl.O=C(N1CCC(c2ccc(C(OCc3c(F)cccc3F)(C(F)(F)F)C(F)(F)F)cc2)(S(=O)(=O)c2ccc(F)cc2)C1)C1(O)CCNCC1. The number of sulfone groups is 1. The van der Waals surface area contributed by atoms with Crippen LogP contribution in [0.2, 0.25) is 0 Å². The van der Waals surface area contributed by atoms with Crippen molar-refractivity contribution in [2.75, 3.05) is 26.2 Å². The summed E-state index contributed by atoms with van der Waals surface area (Å²) in [6, 6.07) is 7.77. The number of aliphatic hydroxyl groups is 1. The van der Waals surface area contributed by atoms with Crippen molar-refractivity contribution in [1.82, 2.24) is 10.2 Å². The molecule has 0 bridgehead atoms. The molecule has 0 aliphatic carbocycles. The van der Waals surface area contributed by atoms with E-state index in [1.54, 1.807) is 0 Å². The van der Waals surface area contributed by atoms with E-state index in [9.17, 15) is 57.8 Å². The van der Waals surface area contributed by atoms with Crippen LogP contribution in [0.5, 0.6) is 0 Å². The summed E-state index contributed by atoms with van der Waals surface area (Å²) in [5.74, 6) is -4.49. The number of carbonyl (C=O) groups excluding carboxylic acids is 1. The molecule has 2 saturated heterocycles. The van der Waals surface area contributed by atoms with Crippen molar-refractivity contribution in [3.63, 3.8) is 0 Å². The van der Waals surface area contributed by atoms with Gasteiger partial charge < -0.3 is 20.1 Å². The van der Waals surface area contributed by atoms with Crippen LogP contribution in [0, 0.1) is 17.5 Å². The quantitative estimate of drug-likeness (QED) is 0.214. The van der Waals surface area contributed by atoms with Crippen molar-refractivity contribution in [2.24, 2.45) is 0 Å². The monoisotopic (exact) mass is 760 g/mol. The van der Waals surface area contributed by atoms with Crippen molar-refractivity contribution in [2.45, 2.75) is 59.1 Å². The summed E-state index contributed by atoms with van der Waals surface area (Å²) in [7, 11) is -4.66. The fraction of sp³-hybridized carbons (Fsp3) is 0.406. The topological polar surface area (TPSA) is 95.9 Å². The molecule has 50 heavy (non-hydrogen) atoms. The molecule has 2 N–H and O–H groups in total. The van der Waals surface area contributed by atoms with Crippen molar-refractivity contribution in [3.8, 4) is 0 Å². The van der Waals surface area contributed by atoms with E-state index in [1.165, 1.54) is 0 Å². The molecule has 0 saturated carbocycles. The van der Waals surface area contributed by atoms with Gasteiger partial charge in [0, 0.05) is 24.2 Å². The van der Waals surface area contributed by atoms with Gasteiger partial charge in [0.15, 0.2) is 9.84 Å². The second-order valence-electron chi connectivity index (χ2n) is 12.0. The van der Waals surface area contributed by atoms with Crippen molar-refractivity contribution < 1.29 is 62.6 Å². The Balaban J connectivity index is 0.00000562. The van der Waals surface area contributed by atoms with E-state index in [0.717, 1.165) is 35.2 Å². The Morgan fingerprint density at radius 3 is 1.90 bits per heavy atom. The number of carbonyl (C=O) groups is 1. The second kappa shape index (κ2) is 14.0. The zero-order valence-electron chi connectivity index (χ0n) is 25.8. The Morgan fingerprint density at radius 2 is 1.38 bits per heavy atom. The highest BCUT2D eigenvalue weighted by molar-refractivity contribution is 7.92. The van der Waals surface area contributed by atoms with Gasteiger partial charge in [0.25, 0.3) is 11.5 Å². The van der Waals surface area contributed by atoms with Crippen LogP contribution < -0.4 is 5.32 Å². The minimum absolute atomic E-state index is 0. The molecule has 1 unspecified atom stereocenters. The first-order chi connectivity index (χ1) is 22.8. The Hall–Kier alpha value is -3.38. The number of ether oxygens (including phenoxy) is 1. The highest BCUT2D eigenvalue weighted by atomic mass is 35.5. The molecule has 2 aliphatic heterocycles. The van der Waals surface area contributed by atoms with E-state index < -0.39 is 97.1 Å². The molecule has 3 aromatic rings. The van der Waals surface area contributed by atoms with Crippen molar-refractivity contribution in [3.05, 3.63) is 101 Å². The third-order valence-corrected chi connectivity index (χ3v) is 11.6. The Morgan fingerprint density at radius 1 is 0.840 bits per heavy atom. The zero-order valence-corrected chi connectivity index (χ0v) is 27.4. The van der Waals surface area contributed by atoms with E-state index in [-0.39, 0.29) is 50.4 Å². The lowest BCUT2D eigenvalue weighted by Crippen LogP contribution is -2.56. The first kappa shape index (κ1) is 39.4. The maximum Gasteiger partial charge on any atom is 0.430 e. The van der Waals surface area contributed by atoms with Crippen LogP contribution in [0.25, 0.3) is 0 Å². The molecule has 0 radical (unpaired) electrons. The third kappa shape index (κ3) is 6.69. The second-order valence-corrected chi connectivity index (χ2v) is 14.2. The first-order valence-corrected chi connectivity index (χ1v) is 16.3. The van der Waals surface area contributed by atoms with Crippen LogP contribution in [0.4, 0.5) is 39.5 Å². The molecule has 7 nitrogen and oxygen atoms in total. The standard InChI is InChI=1S/C32H29F9N2O5S.ClH/c33-22-8-10-23(11-9-22)49(46,47)29(14-17-43(19-29)27(44)28(45)12-15-42-16-13-28)20-4-6-21(7-5-20)30(31(36,37)38,32(39,40)41)48-18-24-25(34)2-1-3-26(24)35;/h1-11,42,45H,12-19H2;1H. The lowest BCUT2D eigenvalue weighted by Gasteiger charge is -2.38. The predicted molar refractivity (Wildman–Crippen MR) is 162 cm³/mol. The Bertz CT molecular complexity index is 1770. The number of alkyl halides is 6. The molecule has 0 aromatic heterocycles. The molecule has 2 fully saturated rings. The fourth-order valence-electron chi connectivity index (χ4n) is 6.35.